The molecule has 12 heteroatoms. The van der Waals surface area contributed by atoms with Gasteiger partial charge in [-0.05, 0) is 31.5 Å². The maximum Gasteiger partial charge on any atom is 0.490 e. The van der Waals surface area contributed by atoms with Crippen molar-refractivity contribution in [3.8, 4) is 27.8 Å². The number of aliphatic carboxylic acids is 1. The van der Waals surface area contributed by atoms with Crippen LogP contribution < -0.4 is 10.1 Å². The molecule has 8 nitrogen and oxygen atoms in total. The third kappa shape index (κ3) is 4.86. The minimum atomic E-state index is -5.08. The van der Waals surface area contributed by atoms with Crippen LogP contribution in [0, 0.1) is 0 Å². The highest BCUT2D eigenvalue weighted by atomic mass is 32.1. The zero-order chi connectivity index (χ0) is 23.8. The average Bonchev–Trinajstić information content (AvgIpc) is 3.31. The molecule has 176 valence electrons. The summed E-state index contributed by atoms with van der Waals surface area (Å²) in [5, 5.41) is 15.7. The summed E-state index contributed by atoms with van der Waals surface area (Å²) >= 11 is 1.70. The van der Waals surface area contributed by atoms with Crippen molar-refractivity contribution in [2.24, 2.45) is 0 Å². The standard InChI is InChI=1S/C19H21N5OS.C2HF3O2/c1-11(2)24-18(21-10-22-24)19-23-17-14-4-3-12(13-8-20-9-13)7-15(14)25-6-5-16(17)26-19;3-2(4,5)1(6)7/h3-4,7,10-11,13,20H,5-6,8-9H2,1-2H3;(H,6,7). The number of alkyl halides is 3. The molecule has 2 N–H and O–H groups in total. The molecule has 0 bridgehead atoms. The van der Waals surface area contributed by atoms with Gasteiger partial charge in [0.05, 0.1) is 12.3 Å². The molecule has 0 saturated carbocycles. The number of hydrogen-bond acceptors (Lipinski definition) is 7. The van der Waals surface area contributed by atoms with Gasteiger partial charge >= 0.3 is 12.1 Å². The summed E-state index contributed by atoms with van der Waals surface area (Å²) in [6.07, 6.45) is -2.60. The molecule has 0 radical (unpaired) electrons. The van der Waals surface area contributed by atoms with E-state index in [9.17, 15) is 13.2 Å². The Labute approximate surface area is 191 Å². The Morgan fingerprint density at radius 1 is 1.33 bits per heavy atom. The highest BCUT2D eigenvalue weighted by Gasteiger charge is 2.38. The minimum absolute atomic E-state index is 0.255. The SMILES string of the molecule is CC(C)n1ncnc1-c1nc2c(s1)CCOc1cc(C3CNC3)ccc1-2.O=C(O)C(F)(F)F. The van der Waals surface area contributed by atoms with Crippen LogP contribution in [0.2, 0.25) is 0 Å². The second-order valence-electron chi connectivity index (χ2n) is 7.92. The van der Waals surface area contributed by atoms with Crippen molar-refractivity contribution in [2.75, 3.05) is 19.7 Å². The van der Waals surface area contributed by atoms with Gasteiger partial charge in [0, 0.05) is 41.9 Å². The van der Waals surface area contributed by atoms with Crippen LogP contribution in [0.25, 0.3) is 22.1 Å². The van der Waals surface area contributed by atoms with Crippen LogP contribution in [0.3, 0.4) is 0 Å². The van der Waals surface area contributed by atoms with E-state index in [4.69, 9.17) is 19.6 Å². The smallest absolute Gasteiger partial charge is 0.490 e. The van der Waals surface area contributed by atoms with Crippen molar-refractivity contribution in [2.45, 2.75) is 38.4 Å². The molecule has 3 aromatic rings. The molecule has 0 unspecified atom stereocenters. The van der Waals surface area contributed by atoms with E-state index >= 15 is 0 Å². The maximum absolute atomic E-state index is 10.6. The number of rotatable bonds is 3. The van der Waals surface area contributed by atoms with E-state index in [2.05, 4.69) is 47.4 Å². The van der Waals surface area contributed by atoms with E-state index < -0.39 is 12.1 Å². The molecule has 0 aliphatic carbocycles. The highest BCUT2D eigenvalue weighted by Crippen LogP contribution is 2.41. The van der Waals surface area contributed by atoms with Gasteiger partial charge in [-0.25, -0.2) is 19.4 Å². The predicted octanol–water partition coefficient (Wildman–Crippen LogP) is 3.90. The van der Waals surface area contributed by atoms with Gasteiger partial charge in [-0.1, -0.05) is 6.07 Å². The van der Waals surface area contributed by atoms with Crippen LogP contribution in [0.5, 0.6) is 5.75 Å². The Kier molecular flexibility index (Phi) is 6.39. The van der Waals surface area contributed by atoms with Gasteiger partial charge in [0.25, 0.3) is 0 Å². The largest absolute Gasteiger partial charge is 0.492 e. The Balaban J connectivity index is 0.000000325. The first kappa shape index (κ1) is 23.2. The molecule has 4 heterocycles. The number of nitrogens with zero attached hydrogens (tertiary/aromatic N) is 4. The molecule has 1 fully saturated rings. The lowest BCUT2D eigenvalue weighted by Crippen LogP contribution is -2.39. The number of halogens is 3. The van der Waals surface area contributed by atoms with Crippen molar-refractivity contribution in [1.82, 2.24) is 25.1 Å². The van der Waals surface area contributed by atoms with Gasteiger partial charge in [-0.2, -0.15) is 18.3 Å². The quantitative estimate of drug-likeness (QED) is 0.585. The second kappa shape index (κ2) is 9.10. The number of ether oxygens (including phenoxy) is 1. The molecule has 0 spiro atoms. The van der Waals surface area contributed by atoms with Gasteiger partial charge in [-0.15, -0.1) is 11.3 Å². The van der Waals surface area contributed by atoms with Gasteiger partial charge < -0.3 is 15.2 Å². The molecular weight excluding hydrogens is 459 g/mol. The van der Waals surface area contributed by atoms with Crippen molar-refractivity contribution in [1.29, 1.82) is 0 Å². The number of carbonyl (C=O) groups is 1. The van der Waals surface area contributed by atoms with E-state index in [0.717, 1.165) is 47.3 Å². The number of hydrogen-bond donors (Lipinski definition) is 2. The maximum atomic E-state index is 10.6. The van der Waals surface area contributed by atoms with Crippen LogP contribution in [-0.2, 0) is 11.2 Å². The molecule has 5 rings (SSSR count). The van der Waals surface area contributed by atoms with Gasteiger partial charge in [-0.3, -0.25) is 0 Å². The normalized spacial score (nSPS) is 15.5. The summed E-state index contributed by atoms with van der Waals surface area (Å²) < 4.78 is 39.7. The van der Waals surface area contributed by atoms with E-state index in [1.807, 2.05) is 4.68 Å². The zero-order valence-electron chi connectivity index (χ0n) is 17.9. The number of aromatic nitrogens is 4. The average molecular weight is 482 g/mol. The summed E-state index contributed by atoms with van der Waals surface area (Å²) in [5.41, 5.74) is 3.47. The van der Waals surface area contributed by atoms with Crippen LogP contribution in [0.15, 0.2) is 24.5 Å². The summed E-state index contributed by atoms with van der Waals surface area (Å²) in [4.78, 5) is 19.6. The van der Waals surface area contributed by atoms with Crippen LogP contribution in [-0.4, -0.2) is 56.7 Å². The summed E-state index contributed by atoms with van der Waals surface area (Å²) in [7, 11) is 0. The molecule has 1 aromatic carbocycles. The fraction of sp³-hybridized carbons (Fsp3) is 0.429. The van der Waals surface area contributed by atoms with Crippen molar-refractivity contribution >= 4 is 17.3 Å². The van der Waals surface area contributed by atoms with Crippen molar-refractivity contribution < 1.29 is 27.8 Å². The lowest BCUT2D eigenvalue weighted by Gasteiger charge is -2.28. The molecule has 0 amide bonds. The first-order chi connectivity index (χ1) is 15.6. The number of thiazole rings is 1. The number of nitrogens with one attached hydrogen (secondary N) is 1. The number of benzene rings is 1. The predicted molar refractivity (Wildman–Crippen MR) is 115 cm³/mol. The van der Waals surface area contributed by atoms with Gasteiger partial charge in [0.2, 0.25) is 0 Å². The van der Waals surface area contributed by atoms with Crippen molar-refractivity contribution in [3.63, 3.8) is 0 Å². The van der Waals surface area contributed by atoms with Gasteiger partial charge in [0.15, 0.2) is 10.8 Å². The highest BCUT2D eigenvalue weighted by molar-refractivity contribution is 7.15. The second-order valence-corrected chi connectivity index (χ2v) is 9.01. The third-order valence-corrected chi connectivity index (χ3v) is 6.40. The summed E-state index contributed by atoms with van der Waals surface area (Å²) in [5.74, 6) is -0.359. The molecule has 1 saturated heterocycles. The third-order valence-electron chi connectivity index (χ3n) is 5.29. The molecule has 2 aromatic heterocycles. The number of carboxylic acids is 1. The van der Waals surface area contributed by atoms with E-state index in [1.54, 1.807) is 17.7 Å². The first-order valence-electron chi connectivity index (χ1n) is 10.3. The monoisotopic (exact) mass is 481 g/mol. The Morgan fingerprint density at radius 2 is 2.06 bits per heavy atom. The Morgan fingerprint density at radius 3 is 2.67 bits per heavy atom. The Bertz CT molecular complexity index is 1150. The van der Waals surface area contributed by atoms with E-state index in [1.165, 1.54) is 10.4 Å². The number of carboxylic acid groups (broad SMARTS) is 1. The van der Waals surface area contributed by atoms with Crippen LogP contribution in [0.1, 0.15) is 36.2 Å². The topological polar surface area (TPSA) is 102 Å². The first-order valence-corrected chi connectivity index (χ1v) is 11.1. The van der Waals surface area contributed by atoms with E-state index in [0.29, 0.717) is 12.5 Å². The lowest BCUT2D eigenvalue weighted by molar-refractivity contribution is -0.192. The Hall–Kier alpha value is -2.99. The minimum Gasteiger partial charge on any atom is -0.492 e. The molecule has 2 aliphatic heterocycles. The molecule has 2 aliphatic rings. The van der Waals surface area contributed by atoms with Gasteiger partial charge in [0.1, 0.15) is 12.1 Å². The lowest BCUT2D eigenvalue weighted by atomic mass is 9.92. The fourth-order valence-electron chi connectivity index (χ4n) is 3.49. The zero-order valence-corrected chi connectivity index (χ0v) is 18.7. The van der Waals surface area contributed by atoms with Crippen LogP contribution >= 0.6 is 11.3 Å². The van der Waals surface area contributed by atoms with Crippen LogP contribution in [0.4, 0.5) is 13.2 Å². The molecule has 0 atom stereocenters. The molecular formula is C21H22F3N5O3S. The summed E-state index contributed by atoms with van der Waals surface area (Å²) in [6.45, 7) is 7.00. The van der Waals surface area contributed by atoms with Crippen molar-refractivity contribution in [3.05, 3.63) is 35.0 Å². The number of fused-ring (bicyclic) bond motifs is 3. The van der Waals surface area contributed by atoms with E-state index in [-0.39, 0.29) is 6.04 Å². The fourth-order valence-corrected chi connectivity index (χ4v) is 4.54. The summed E-state index contributed by atoms with van der Waals surface area (Å²) in [6, 6.07) is 6.85. The molecule has 33 heavy (non-hydrogen) atoms.